The van der Waals surface area contributed by atoms with Gasteiger partial charge in [-0.25, -0.2) is 9.49 Å². The van der Waals surface area contributed by atoms with E-state index >= 15 is 0 Å². The number of rotatable bonds is 4. The normalized spacial score (nSPS) is 10.5. The van der Waals surface area contributed by atoms with E-state index in [-0.39, 0.29) is 17.1 Å². The number of aromatic nitrogens is 3. The number of hydrogen-bond acceptors (Lipinski definition) is 4. The Hall–Kier alpha value is -3.06. The molecule has 2 aromatic heterocycles. The van der Waals surface area contributed by atoms with E-state index in [0.717, 1.165) is 0 Å². The Labute approximate surface area is 146 Å². The second-order valence-electron chi connectivity index (χ2n) is 5.16. The number of carbonyl (C=O) groups is 1. The van der Waals surface area contributed by atoms with Crippen LogP contribution in [0, 0.1) is 5.82 Å². The van der Waals surface area contributed by atoms with Crippen LogP contribution in [0.2, 0.25) is 5.02 Å². The predicted octanol–water partition coefficient (Wildman–Crippen LogP) is 2.55. The van der Waals surface area contributed by atoms with E-state index < -0.39 is 17.3 Å². The molecule has 0 saturated carbocycles. The third-order valence-electron chi connectivity index (χ3n) is 3.46. The van der Waals surface area contributed by atoms with Crippen LogP contribution in [0.5, 0.6) is 0 Å². The zero-order valence-corrected chi connectivity index (χ0v) is 13.5. The minimum absolute atomic E-state index is 0.0338. The summed E-state index contributed by atoms with van der Waals surface area (Å²) in [6, 6.07) is 8.95. The maximum atomic E-state index is 13.1. The quantitative estimate of drug-likeness (QED) is 0.750. The molecule has 0 aliphatic heterocycles. The first-order valence-electron chi connectivity index (χ1n) is 7.27. The lowest BCUT2D eigenvalue weighted by atomic mass is 10.1. The van der Waals surface area contributed by atoms with Crippen LogP contribution in [0.1, 0.15) is 15.9 Å². The molecule has 8 heteroatoms. The van der Waals surface area contributed by atoms with Crippen molar-refractivity contribution in [3.8, 4) is 11.3 Å². The van der Waals surface area contributed by atoms with Crippen molar-refractivity contribution in [3.05, 3.63) is 81.1 Å². The summed E-state index contributed by atoms with van der Waals surface area (Å²) >= 11 is 5.70. The first-order chi connectivity index (χ1) is 12.0. The fourth-order valence-electron chi connectivity index (χ4n) is 2.17. The highest BCUT2D eigenvalue weighted by Crippen LogP contribution is 2.16. The average Bonchev–Trinajstić information content (AvgIpc) is 2.63. The Morgan fingerprint density at radius 2 is 1.96 bits per heavy atom. The lowest BCUT2D eigenvalue weighted by Crippen LogP contribution is -2.29. The molecule has 0 aliphatic carbocycles. The molecule has 6 nitrogen and oxygen atoms in total. The third kappa shape index (κ3) is 3.89. The van der Waals surface area contributed by atoms with Gasteiger partial charge in [0.2, 0.25) is 0 Å². The van der Waals surface area contributed by atoms with E-state index in [0.29, 0.717) is 16.8 Å². The van der Waals surface area contributed by atoms with Crippen LogP contribution in [0.25, 0.3) is 11.3 Å². The van der Waals surface area contributed by atoms with Gasteiger partial charge < -0.3 is 5.32 Å². The summed E-state index contributed by atoms with van der Waals surface area (Å²) < 4.78 is 13.1. The van der Waals surface area contributed by atoms with Gasteiger partial charge in [0.25, 0.3) is 11.5 Å². The van der Waals surface area contributed by atoms with Crippen molar-refractivity contribution in [3.63, 3.8) is 0 Å². The molecule has 1 amide bonds. The first kappa shape index (κ1) is 16.8. The van der Waals surface area contributed by atoms with Crippen LogP contribution in [0.4, 0.5) is 4.39 Å². The van der Waals surface area contributed by atoms with Crippen molar-refractivity contribution in [2.45, 2.75) is 6.54 Å². The molecule has 0 saturated heterocycles. The van der Waals surface area contributed by atoms with Crippen molar-refractivity contribution in [2.24, 2.45) is 0 Å². The fraction of sp³-hybridized carbons (Fsp3) is 0.0588. The molecule has 25 heavy (non-hydrogen) atoms. The van der Waals surface area contributed by atoms with Crippen LogP contribution in [-0.2, 0) is 6.54 Å². The Morgan fingerprint density at radius 1 is 1.20 bits per heavy atom. The maximum Gasteiger partial charge on any atom is 0.277 e. The van der Waals surface area contributed by atoms with Gasteiger partial charge in [-0.05, 0) is 35.9 Å². The van der Waals surface area contributed by atoms with Crippen molar-refractivity contribution in [1.82, 2.24) is 20.5 Å². The largest absolute Gasteiger partial charge is 0.348 e. The van der Waals surface area contributed by atoms with Gasteiger partial charge in [-0.15, -0.1) is 0 Å². The van der Waals surface area contributed by atoms with Crippen LogP contribution in [0.3, 0.4) is 0 Å². The third-order valence-corrected chi connectivity index (χ3v) is 3.75. The van der Waals surface area contributed by atoms with Crippen LogP contribution >= 0.6 is 11.6 Å². The van der Waals surface area contributed by atoms with E-state index in [1.807, 2.05) is 0 Å². The smallest absolute Gasteiger partial charge is 0.277 e. The highest BCUT2D eigenvalue weighted by molar-refractivity contribution is 6.30. The molecule has 0 fully saturated rings. The number of nitrogens with one attached hydrogen (secondary N) is 2. The summed E-state index contributed by atoms with van der Waals surface area (Å²) in [7, 11) is 0. The van der Waals surface area contributed by atoms with Crippen LogP contribution in [0.15, 0.2) is 53.6 Å². The topological polar surface area (TPSA) is 87.7 Å². The van der Waals surface area contributed by atoms with Crippen molar-refractivity contribution >= 4 is 17.5 Å². The number of nitrogens with zero attached hydrogens (tertiary/aromatic N) is 2. The summed E-state index contributed by atoms with van der Waals surface area (Å²) in [5.41, 5.74) is 1.09. The molecular weight excluding hydrogens is 347 g/mol. The Morgan fingerprint density at radius 3 is 2.68 bits per heavy atom. The zero-order valence-electron chi connectivity index (χ0n) is 12.8. The number of hydrogen-bond donors (Lipinski definition) is 2. The molecule has 0 aliphatic rings. The maximum absolute atomic E-state index is 13.1. The monoisotopic (exact) mass is 358 g/mol. The van der Waals surface area contributed by atoms with E-state index in [1.165, 1.54) is 24.3 Å². The van der Waals surface area contributed by atoms with E-state index in [9.17, 15) is 14.0 Å². The fourth-order valence-corrected chi connectivity index (χ4v) is 2.38. The van der Waals surface area contributed by atoms with Gasteiger partial charge in [0.15, 0.2) is 0 Å². The lowest BCUT2D eigenvalue weighted by Gasteiger charge is -2.07. The van der Waals surface area contributed by atoms with E-state index in [1.54, 1.807) is 24.5 Å². The number of halogens is 2. The molecule has 0 radical (unpaired) electrons. The van der Waals surface area contributed by atoms with Crippen LogP contribution < -0.4 is 10.9 Å². The highest BCUT2D eigenvalue weighted by atomic mass is 35.5. The first-order valence-corrected chi connectivity index (χ1v) is 7.64. The summed E-state index contributed by atoms with van der Waals surface area (Å²) in [4.78, 5) is 28.1. The van der Waals surface area contributed by atoms with Crippen LogP contribution in [-0.4, -0.2) is 21.1 Å². The molecule has 0 atom stereocenters. The van der Waals surface area contributed by atoms with Gasteiger partial charge in [-0.1, -0.05) is 17.7 Å². The predicted molar refractivity (Wildman–Crippen MR) is 90.7 cm³/mol. The Balaban J connectivity index is 1.79. The molecule has 0 bridgehead atoms. The van der Waals surface area contributed by atoms with Gasteiger partial charge >= 0.3 is 0 Å². The van der Waals surface area contributed by atoms with Crippen molar-refractivity contribution < 1.29 is 9.18 Å². The van der Waals surface area contributed by atoms with Gasteiger partial charge in [0, 0.05) is 24.5 Å². The number of carbonyl (C=O) groups excluding carboxylic acids is 1. The van der Waals surface area contributed by atoms with Gasteiger partial charge in [0.05, 0.1) is 10.7 Å². The minimum atomic E-state index is -0.604. The molecule has 0 spiro atoms. The molecule has 2 heterocycles. The second kappa shape index (κ2) is 7.23. The van der Waals surface area contributed by atoms with E-state index in [2.05, 4.69) is 20.5 Å². The summed E-state index contributed by atoms with van der Waals surface area (Å²) in [5, 5.41) is 8.80. The molecule has 126 valence electrons. The number of benzene rings is 1. The SMILES string of the molecule is O=C(NCc1ccc(F)c(Cl)c1)c1cc(-c2ccncc2)n[nH]c1=O. The number of pyridine rings is 1. The highest BCUT2D eigenvalue weighted by Gasteiger charge is 2.13. The Kier molecular flexibility index (Phi) is 4.85. The number of aromatic amines is 1. The molecular formula is C17H12ClFN4O2. The lowest BCUT2D eigenvalue weighted by molar-refractivity contribution is 0.0949. The molecule has 3 aromatic rings. The van der Waals surface area contributed by atoms with Crippen molar-refractivity contribution in [2.75, 3.05) is 0 Å². The molecule has 0 unspecified atom stereocenters. The summed E-state index contributed by atoms with van der Waals surface area (Å²) in [6.45, 7) is 0.102. The second-order valence-corrected chi connectivity index (χ2v) is 5.57. The summed E-state index contributed by atoms with van der Waals surface area (Å²) in [6.07, 6.45) is 3.17. The van der Waals surface area contributed by atoms with Gasteiger partial charge in [-0.2, -0.15) is 5.10 Å². The molecule has 1 aromatic carbocycles. The molecule has 3 rings (SSSR count). The number of amides is 1. The van der Waals surface area contributed by atoms with Gasteiger partial charge in [-0.3, -0.25) is 14.6 Å². The summed E-state index contributed by atoms with van der Waals surface area (Å²) in [5.74, 6) is -1.11. The standard InChI is InChI=1S/C17H12ClFN4O2/c18-13-7-10(1-2-14(13)19)9-21-16(24)12-8-15(22-23-17(12)25)11-3-5-20-6-4-11/h1-8H,9H2,(H,21,24)(H,23,25). The molecule has 2 N–H and O–H groups in total. The number of H-pyrrole nitrogens is 1. The van der Waals surface area contributed by atoms with Crippen molar-refractivity contribution in [1.29, 1.82) is 0 Å². The average molecular weight is 359 g/mol. The minimum Gasteiger partial charge on any atom is -0.348 e. The zero-order chi connectivity index (χ0) is 17.8. The van der Waals surface area contributed by atoms with Gasteiger partial charge in [0.1, 0.15) is 11.4 Å². The van der Waals surface area contributed by atoms with E-state index in [4.69, 9.17) is 11.6 Å². The Bertz CT molecular complexity index is 976.